The zero-order chi connectivity index (χ0) is 19.8. The van der Waals surface area contributed by atoms with Gasteiger partial charge in [-0.3, -0.25) is 9.59 Å². The van der Waals surface area contributed by atoms with Crippen LogP contribution in [0.25, 0.3) is 0 Å². The third-order valence-electron chi connectivity index (χ3n) is 3.84. The summed E-state index contributed by atoms with van der Waals surface area (Å²) in [6.45, 7) is 1.51. The smallest absolute Gasteiger partial charge is 0.311 e. The summed E-state index contributed by atoms with van der Waals surface area (Å²) in [6.07, 6.45) is -0.949. The molecule has 0 aliphatic rings. The second-order valence-electron chi connectivity index (χ2n) is 5.69. The van der Waals surface area contributed by atoms with E-state index in [1.54, 1.807) is 42.5 Å². The molecule has 0 aliphatic heterocycles. The lowest BCUT2D eigenvalue weighted by atomic mass is 10.1. The van der Waals surface area contributed by atoms with E-state index in [9.17, 15) is 9.59 Å². The standard InChI is InChI=1S/C20H23NO6/c1-13(20(23)21-15-7-5-6-8-16(15)24-2)27-19(22)12-14-9-10-17(25-3)18(11-14)26-4/h5-11,13H,12H2,1-4H3,(H,21,23). The van der Waals surface area contributed by atoms with Crippen LogP contribution in [0.15, 0.2) is 42.5 Å². The summed E-state index contributed by atoms with van der Waals surface area (Å²) in [5.41, 5.74) is 1.20. The molecule has 7 nitrogen and oxygen atoms in total. The van der Waals surface area contributed by atoms with Crippen molar-refractivity contribution in [2.75, 3.05) is 26.6 Å². The Labute approximate surface area is 158 Å². The van der Waals surface area contributed by atoms with Crippen LogP contribution in [0.4, 0.5) is 5.69 Å². The van der Waals surface area contributed by atoms with Crippen molar-refractivity contribution in [1.29, 1.82) is 0 Å². The fourth-order valence-corrected chi connectivity index (χ4v) is 2.43. The Hall–Kier alpha value is -3.22. The van der Waals surface area contributed by atoms with Crippen LogP contribution in [0, 0.1) is 0 Å². The van der Waals surface area contributed by atoms with Crippen molar-refractivity contribution in [3.63, 3.8) is 0 Å². The zero-order valence-electron chi connectivity index (χ0n) is 15.8. The molecule has 1 amide bonds. The van der Waals surface area contributed by atoms with E-state index in [0.717, 1.165) is 0 Å². The molecule has 0 spiro atoms. The minimum Gasteiger partial charge on any atom is -0.495 e. The molecule has 0 aromatic heterocycles. The predicted octanol–water partition coefficient (Wildman–Crippen LogP) is 2.83. The number of para-hydroxylation sites is 2. The van der Waals surface area contributed by atoms with Crippen molar-refractivity contribution in [3.8, 4) is 17.2 Å². The Morgan fingerprint density at radius 1 is 0.926 bits per heavy atom. The van der Waals surface area contributed by atoms with Gasteiger partial charge in [0.05, 0.1) is 33.4 Å². The predicted molar refractivity (Wildman–Crippen MR) is 100 cm³/mol. The number of ether oxygens (including phenoxy) is 4. The molecule has 0 aliphatic carbocycles. The van der Waals surface area contributed by atoms with E-state index in [2.05, 4.69) is 5.32 Å². The molecule has 1 N–H and O–H groups in total. The maximum absolute atomic E-state index is 12.3. The van der Waals surface area contributed by atoms with Gasteiger partial charge in [0.15, 0.2) is 17.6 Å². The van der Waals surface area contributed by atoms with Crippen LogP contribution in [-0.4, -0.2) is 39.3 Å². The molecule has 0 saturated carbocycles. The van der Waals surface area contributed by atoms with Crippen LogP contribution in [0.5, 0.6) is 17.2 Å². The Kier molecular flexibility index (Phi) is 7.05. The molecule has 0 fully saturated rings. The van der Waals surface area contributed by atoms with Crippen LogP contribution in [0.3, 0.4) is 0 Å². The lowest BCUT2D eigenvalue weighted by Gasteiger charge is -2.15. The van der Waals surface area contributed by atoms with Crippen molar-refractivity contribution < 1.29 is 28.5 Å². The number of hydrogen-bond donors (Lipinski definition) is 1. The van der Waals surface area contributed by atoms with Gasteiger partial charge in [-0.15, -0.1) is 0 Å². The molecule has 0 saturated heterocycles. The van der Waals surface area contributed by atoms with Crippen LogP contribution < -0.4 is 19.5 Å². The molecule has 7 heteroatoms. The van der Waals surface area contributed by atoms with Crippen molar-refractivity contribution >= 4 is 17.6 Å². The van der Waals surface area contributed by atoms with Crippen LogP contribution in [-0.2, 0) is 20.7 Å². The highest BCUT2D eigenvalue weighted by molar-refractivity contribution is 5.96. The van der Waals surface area contributed by atoms with Crippen molar-refractivity contribution in [2.45, 2.75) is 19.4 Å². The first-order valence-corrected chi connectivity index (χ1v) is 8.32. The van der Waals surface area contributed by atoms with Crippen molar-refractivity contribution in [1.82, 2.24) is 0 Å². The van der Waals surface area contributed by atoms with E-state index in [0.29, 0.717) is 28.5 Å². The van der Waals surface area contributed by atoms with E-state index in [4.69, 9.17) is 18.9 Å². The van der Waals surface area contributed by atoms with Gasteiger partial charge in [0.2, 0.25) is 0 Å². The number of benzene rings is 2. The SMILES string of the molecule is COc1ccccc1NC(=O)C(C)OC(=O)Cc1ccc(OC)c(OC)c1. The van der Waals surface area contributed by atoms with Crippen LogP contribution in [0.1, 0.15) is 12.5 Å². The Morgan fingerprint density at radius 2 is 1.59 bits per heavy atom. The summed E-state index contributed by atoms with van der Waals surface area (Å²) in [5.74, 6) is 0.642. The third-order valence-corrected chi connectivity index (χ3v) is 3.84. The van der Waals surface area contributed by atoms with Gasteiger partial charge in [-0.1, -0.05) is 18.2 Å². The van der Waals surface area contributed by atoms with E-state index in [1.807, 2.05) is 0 Å². The summed E-state index contributed by atoms with van der Waals surface area (Å²) in [6, 6.07) is 12.1. The molecule has 0 radical (unpaired) electrons. The number of anilines is 1. The Morgan fingerprint density at radius 3 is 2.26 bits per heavy atom. The number of esters is 1. The fourth-order valence-electron chi connectivity index (χ4n) is 2.43. The molecule has 2 aromatic carbocycles. The van der Waals surface area contributed by atoms with Gasteiger partial charge in [0.25, 0.3) is 5.91 Å². The van der Waals surface area contributed by atoms with Gasteiger partial charge in [-0.2, -0.15) is 0 Å². The zero-order valence-corrected chi connectivity index (χ0v) is 15.8. The average molecular weight is 373 g/mol. The number of carbonyl (C=O) groups is 2. The second-order valence-corrected chi connectivity index (χ2v) is 5.69. The van der Waals surface area contributed by atoms with Crippen LogP contribution >= 0.6 is 0 Å². The number of nitrogens with one attached hydrogen (secondary N) is 1. The summed E-state index contributed by atoms with van der Waals surface area (Å²) >= 11 is 0. The largest absolute Gasteiger partial charge is 0.495 e. The van der Waals surface area contributed by atoms with Crippen molar-refractivity contribution in [3.05, 3.63) is 48.0 Å². The second kappa shape index (κ2) is 9.47. The first-order chi connectivity index (χ1) is 13.0. The summed E-state index contributed by atoms with van der Waals surface area (Å²) in [5, 5.41) is 2.69. The van der Waals surface area contributed by atoms with Gasteiger partial charge in [-0.05, 0) is 36.8 Å². The normalized spacial score (nSPS) is 11.3. The van der Waals surface area contributed by atoms with E-state index in [1.165, 1.54) is 28.3 Å². The van der Waals surface area contributed by atoms with Gasteiger partial charge in [0.1, 0.15) is 5.75 Å². The molecule has 0 bridgehead atoms. The number of amides is 1. The number of hydrogen-bond acceptors (Lipinski definition) is 6. The molecule has 2 aromatic rings. The molecule has 0 heterocycles. The summed E-state index contributed by atoms with van der Waals surface area (Å²) in [4.78, 5) is 24.4. The maximum Gasteiger partial charge on any atom is 0.311 e. The van der Waals surface area contributed by atoms with Crippen LogP contribution in [0.2, 0.25) is 0 Å². The number of carbonyl (C=O) groups excluding carboxylic acids is 2. The fraction of sp³-hybridized carbons (Fsp3) is 0.300. The molecular formula is C20H23NO6. The molecule has 27 heavy (non-hydrogen) atoms. The van der Waals surface area contributed by atoms with Gasteiger partial charge in [-0.25, -0.2) is 0 Å². The highest BCUT2D eigenvalue weighted by Crippen LogP contribution is 2.28. The Bertz CT molecular complexity index is 805. The monoisotopic (exact) mass is 373 g/mol. The topological polar surface area (TPSA) is 83.1 Å². The number of methoxy groups -OCH3 is 3. The van der Waals surface area contributed by atoms with E-state index >= 15 is 0 Å². The summed E-state index contributed by atoms with van der Waals surface area (Å²) < 4.78 is 20.8. The molecular weight excluding hydrogens is 350 g/mol. The van der Waals surface area contributed by atoms with Gasteiger partial charge in [0, 0.05) is 0 Å². The van der Waals surface area contributed by atoms with Crippen molar-refractivity contribution in [2.24, 2.45) is 0 Å². The maximum atomic E-state index is 12.3. The molecule has 1 atom stereocenters. The lowest BCUT2D eigenvalue weighted by Crippen LogP contribution is -2.30. The Balaban J connectivity index is 1.95. The summed E-state index contributed by atoms with van der Waals surface area (Å²) in [7, 11) is 4.57. The molecule has 1 unspecified atom stereocenters. The van der Waals surface area contributed by atoms with Gasteiger partial charge < -0.3 is 24.3 Å². The first kappa shape index (κ1) is 20.1. The minimum absolute atomic E-state index is 0.00658. The highest BCUT2D eigenvalue weighted by Gasteiger charge is 2.19. The third kappa shape index (κ3) is 5.37. The molecule has 2 rings (SSSR count). The van der Waals surface area contributed by atoms with Gasteiger partial charge >= 0.3 is 5.97 Å². The van der Waals surface area contributed by atoms with E-state index in [-0.39, 0.29) is 6.42 Å². The average Bonchev–Trinajstić information content (AvgIpc) is 2.68. The quantitative estimate of drug-likeness (QED) is 0.717. The highest BCUT2D eigenvalue weighted by atomic mass is 16.5. The number of rotatable bonds is 8. The lowest BCUT2D eigenvalue weighted by molar-refractivity contribution is -0.152. The first-order valence-electron chi connectivity index (χ1n) is 8.32. The van der Waals surface area contributed by atoms with E-state index < -0.39 is 18.0 Å². The molecule has 144 valence electrons. The minimum atomic E-state index is -0.956.